The van der Waals surface area contributed by atoms with Crippen molar-refractivity contribution in [1.82, 2.24) is 0 Å². The van der Waals surface area contributed by atoms with Crippen LogP contribution >= 0.6 is 11.6 Å². The van der Waals surface area contributed by atoms with Gasteiger partial charge in [-0.3, -0.25) is 0 Å². The molecule has 0 spiro atoms. The summed E-state index contributed by atoms with van der Waals surface area (Å²) in [4.78, 5) is 0. The molecule has 1 atom stereocenters. The zero-order valence-corrected chi connectivity index (χ0v) is 9.75. The van der Waals surface area contributed by atoms with Gasteiger partial charge >= 0.3 is 6.18 Å². The Balaban J connectivity index is 2.51. The van der Waals surface area contributed by atoms with Crippen molar-refractivity contribution in [2.75, 3.05) is 6.54 Å². The van der Waals surface area contributed by atoms with Gasteiger partial charge in [-0.1, -0.05) is 11.6 Å². The lowest BCUT2D eigenvalue weighted by Crippen LogP contribution is -2.27. The van der Waals surface area contributed by atoms with Crippen molar-refractivity contribution >= 4 is 11.6 Å². The largest absolute Gasteiger partial charge is 0.416 e. The highest BCUT2D eigenvalue weighted by Gasteiger charge is 2.71. The molecule has 2 N–H and O–H groups in total. The maximum absolute atomic E-state index is 13.3. The Labute approximate surface area is 105 Å². The zero-order valence-electron chi connectivity index (χ0n) is 8.99. The SMILES string of the molecule is NCC1(c2cc(Cl)cc(C(F)(F)F)c2)CC1(F)F. The first-order chi connectivity index (χ1) is 8.12. The predicted molar refractivity (Wildman–Crippen MR) is 56.8 cm³/mol. The first kappa shape index (κ1) is 13.5. The molecule has 1 saturated carbocycles. The van der Waals surface area contributed by atoms with E-state index in [2.05, 4.69) is 0 Å². The average molecular weight is 286 g/mol. The van der Waals surface area contributed by atoms with E-state index in [9.17, 15) is 22.0 Å². The Morgan fingerprint density at radius 3 is 2.17 bits per heavy atom. The molecule has 18 heavy (non-hydrogen) atoms. The van der Waals surface area contributed by atoms with E-state index in [-0.39, 0.29) is 10.6 Å². The second kappa shape index (κ2) is 3.81. The highest BCUT2D eigenvalue weighted by Crippen LogP contribution is 2.61. The minimum Gasteiger partial charge on any atom is -0.329 e. The molecule has 0 aromatic heterocycles. The molecule has 1 aliphatic carbocycles. The van der Waals surface area contributed by atoms with Crippen molar-refractivity contribution in [3.63, 3.8) is 0 Å². The molecule has 1 nitrogen and oxygen atoms in total. The van der Waals surface area contributed by atoms with Crippen LogP contribution in [-0.4, -0.2) is 12.5 Å². The van der Waals surface area contributed by atoms with E-state index < -0.39 is 36.0 Å². The van der Waals surface area contributed by atoms with Gasteiger partial charge in [0.2, 0.25) is 0 Å². The molecular weight excluding hydrogens is 277 g/mol. The van der Waals surface area contributed by atoms with Gasteiger partial charge in [0, 0.05) is 18.0 Å². The van der Waals surface area contributed by atoms with E-state index in [4.69, 9.17) is 17.3 Å². The molecule has 7 heteroatoms. The number of hydrogen-bond donors (Lipinski definition) is 1. The third-order valence-electron chi connectivity index (χ3n) is 3.23. The zero-order chi connectivity index (χ0) is 13.8. The van der Waals surface area contributed by atoms with Crippen LogP contribution in [0.25, 0.3) is 0 Å². The van der Waals surface area contributed by atoms with Crippen LogP contribution in [0.4, 0.5) is 22.0 Å². The molecule has 100 valence electrons. The summed E-state index contributed by atoms with van der Waals surface area (Å²) in [5.74, 6) is -3.07. The van der Waals surface area contributed by atoms with Gasteiger partial charge in [-0.15, -0.1) is 0 Å². The van der Waals surface area contributed by atoms with Crippen molar-refractivity contribution < 1.29 is 22.0 Å². The fourth-order valence-electron chi connectivity index (χ4n) is 2.02. The molecule has 0 heterocycles. The Bertz CT molecular complexity index is 485. The normalized spacial score (nSPS) is 26.2. The number of rotatable bonds is 2. The quantitative estimate of drug-likeness (QED) is 0.826. The van der Waals surface area contributed by atoms with Crippen LogP contribution in [0.1, 0.15) is 17.5 Å². The molecule has 1 aliphatic rings. The first-order valence-electron chi connectivity index (χ1n) is 5.08. The van der Waals surface area contributed by atoms with Crippen LogP contribution < -0.4 is 5.73 Å². The average Bonchev–Trinajstić information content (AvgIpc) is 2.80. The van der Waals surface area contributed by atoms with Gasteiger partial charge in [-0.25, -0.2) is 8.78 Å². The molecule has 0 amide bonds. The summed E-state index contributed by atoms with van der Waals surface area (Å²) in [6.07, 6.45) is -5.17. The van der Waals surface area contributed by atoms with Crippen LogP contribution in [0.5, 0.6) is 0 Å². The van der Waals surface area contributed by atoms with E-state index in [0.717, 1.165) is 6.07 Å². The first-order valence-corrected chi connectivity index (χ1v) is 5.46. The minimum atomic E-state index is -4.63. The molecule has 1 aromatic carbocycles. The fraction of sp³-hybridized carbons (Fsp3) is 0.455. The molecule has 1 unspecified atom stereocenters. The highest BCUT2D eigenvalue weighted by molar-refractivity contribution is 6.30. The number of halogens is 6. The smallest absolute Gasteiger partial charge is 0.329 e. The third-order valence-corrected chi connectivity index (χ3v) is 3.44. The molecular formula is C11H9ClF5N. The predicted octanol–water partition coefficient (Wildman–Crippen LogP) is 3.59. The molecule has 1 fully saturated rings. The van der Waals surface area contributed by atoms with Gasteiger partial charge in [0.1, 0.15) is 0 Å². The second-order valence-corrected chi connectivity index (χ2v) is 4.83. The highest BCUT2D eigenvalue weighted by atomic mass is 35.5. The van der Waals surface area contributed by atoms with Crippen LogP contribution in [0, 0.1) is 0 Å². The maximum atomic E-state index is 13.3. The van der Waals surface area contributed by atoms with Gasteiger partial charge in [0.25, 0.3) is 5.92 Å². The second-order valence-electron chi connectivity index (χ2n) is 4.39. The number of nitrogens with two attached hydrogens (primary N) is 1. The molecule has 0 aliphatic heterocycles. The van der Waals surface area contributed by atoms with Gasteiger partial charge in [-0.05, 0) is 23.8 Å². The van der Waals surface area contributed by atoms with Crippen molar-refractivity contribution in [2.45, 2.75) is 23.9 Å². The molecule has 2 rings (SSSR count). The van der Waals surface area contributed by atoms with Crippen molar-refractivity contribution in [2.24, 2.45) is 5.73 Å². The Morgan fingerprint density at radius 2 is 1.78 bits per heavy atom. The number of benzene rings is 1. The van der Waals surface area contributed by atoms with Gasteiger partial charge in [-0.2, -0.15) is 13.2 Å². The summed E-state index contributed by atoms with van der Waals surface area (Å²) in [6, 6.07) is 2.51. The standard InChI is InChI=1S/C11H9ClF5N/c12-8-2-6(1-7(3-8)11(15,16)17)9(5-18)4-10(9,13)14/h1-3H,4-5,18H2. The number of alkyl halides is 5. The monoisotopic (exact) mass is 285 g/mol. The van der Waals surface area contributed by atoms with E-state index >= 15 is 0 Å². The van der Waals surface area contributed by atoms with E-state index in [0.29, 0.717) is 12.1 Å². The molecule has 0 bridgehead atoms. The summed E-state index contributed by atoms with van der Waals surface area (Å²) < 4.78 is 64.3. The van der Waals surface area contributed by atoms with E-state index in [1.807, 2.05) is 0 Å². The summed E-state index contributed by atoms with van der Waals surface area (Å²) >= 11 is 5.55. The summed E-state index contributed by atoms with van der Waals surface area (Å²) in [7, 11) is 0. The molecule has 1 aromatic rings. The van der Waals surface area contributed by atoms with E-state index in [1.54, 1.807) is 0 Å². The van der Waals surface area contributed by atoms with Gasteiger partial charge < -0.3 is 5.73 Å². The lowest BCUT2D eigenvalue weighted by molar-refractivity contribution is -0.137. The summed E-state index contributed by atoms with van der Waals surface area (Å²) in [5, 5.41) is -0.227. The maximum Gasteiger partial charge on any atom is 0.416 e. The Hall–Kier alpha value is -0.880. The third kappa shape index (κ3) is 1.97. The topological polar surface area (TPSA) is 26.0 Å². The van der Waals surface area contributed by atoms with Crippen molar-refractivity contribution in [3.05, 3.63) is 34.3 Å². The minimum absolute atomic E-state index is 0.158. The van der Waals surface area contributed by atoms with E-state index in [1.165, 1.54) is 0 Å². The summed E-state index contributed by atoms with van der Waals surface area (Å²) in [6.45, 7) is -0.419. The van der Waals surface area contributed by atoms with Gasteiger partial charge in [0.15, 0.2) is 0 Å². The molecule has 0 saturated heterocycles. The Morgan fingerprint density at radius 1 is 1.22 bits per heavy atom. The number of hydrogen-bond acceptors (Lipinski definition) is 1. The van der Waals surface area contributed by atoms with Gasteiger partial charge in [0.05, 0.1) is 11.0 Å². The summed E-state index contributed by atoms with van der Waals surface area (Å²) in [5.41, 5.74) is 2.37. The van der Waals surface area contributed by atoms with Crippen molar-refractivity contribution in [1.29, 1.82) is 0 Å². The lowest BCUT2D eigenvalue weighted by atomic mass is 9.93. The molecule has 0 radical (unpaired) electrons. The van der Waals surface area contributed by atoms with Crippen LogP contribution in [0.15, 0.2) is 18.2 Å². The van der Waals surface area contributed by atoms with Crippen LogP contribution in [0.3, 0.4) is 0 Å². The van der Waals surface area contributed by atoms with Crippen molar-refractivity contribution in [3.8, 4) is 0 Å². The Kier molecular flexibility index (Phi) is 2.86. The van der Waals surface area contributed by atoms with Crippen LogP contribution in [0.2, 0.25) is 5.02 Å². The lowest BCUT2D eigenvalue weighted by Gasteiger charge is -2.17. The van der Waals surface area contributed by atoms with Crippen LogP contribution in [-0.2, 0) is 11.6 Å². The fourth-order valence-corrected chi connectivity index (χ4v) is 2.25.